The SMILES string of the molecule is O=C1CN=CN1O. The summed E-state index contributed by atoms with van der Waals surface area (Å²) in [6.07, 6.45) is 1.09. The molecule has 0 fully saturated rings. The lowest BCUT2D eigenvalue weighted by Crippen LogP contribution is -2.20. The third-order valence-corrected chi connectivity index (χ3v) is 0.673. The molecule has 0 atom stereocenters. The van der Waals surface area contributed by atoms with E-state index >= 15 is 0 Å². The Morgan fingerprint density at radius 1 is 2.00 bits per heavy atom. The van der Waals surface area contributed by atoms with Crippen molar-refractivity contribution in [2.75, 3.05) is 6.54 Å². The topological polar surface area (TPSA) is 52.9 Å². The number of hydrogen-bond acceptors (Lipinski definition) is 3. The standard InChI is InChI=1S/C3H4N2O2/c6-3-1-4-2-5(3)7/h2,7H,1H2. The highest BCUT2D eigenvalue weighted by Gasteiger charge is 2.11. The molecule has 0 spiro atoms. The zero-order valence-corrected chi connectivity index (χ0v) is 3.53. The van der Waals surface area contributed by atoms with Gasteiger partial charge in [0.05, 0.1) is 0 Å². The predicted molar refractivity (Wildman–Crippen MR) is 22.0 cm³/mol. The van der Waals surface area contributed by atoms with E-state index in [4.69, 9.17) is 5.21 Å². The summed E-state index contributed by atoms with van der Waals surface area (Å²) >= 11 is 0. The van der Waals surface area contributed by atoms with E-state index in [0.29, 0.717) is 5.06 Å². The molecule has 0 aliphatic carbocycles. The first-order valence-electron chi connectivity index (χ1n) is 1.81. The molecule has 0 aromatic rings. The van der Waals surface area contributed by atoms with E-state index in [2.05, 4.69) is 4.99 Å². The molecule has 1 heterocycles. The molecule has 0 radical (unpaired) electrons. The fourth-order valence-electron chi connectivity index (χ4n) is 0.333. The van der Waals surface area contributed by atoms with E-state index in [1.165, 1.54) is 0 Å². The van der Waals surface area contributed by atoms with Gasteiger partial charge >= 0.3 is 0 Å². The molecule has 4 nitrogen and oxygen atoms in total. The second-order valence-electron chi connectivity index (χ2n) is 1.19. The molecule has 1 aliphatic heterocycles. The summed E-state index contributed by atoms with van der Waals surface area (Å²) in [5, 5.41) is 8.80. The van der Waals surface area contributed by atoms with Crippen LogP contribution in [0.25, 0.3) is 0 Å². The van der Waals surface area contributed by atoms with Crippen molar-refractivity contribution in [3.8, 4) is 0 Å². The molecule has 7 heavy (non-hydrogen) atoms. The summed E-state index contributed by atoms with van der Waals surface area (Å²) in [6, 6.07) is 0. The minimum Gasteiger partial charge on any atom is -0.280 e. The monoisotopic (exact) mass is 100 g/mol. The summed E-state index contributed by atoms with van der Waals surface area (Å²) < 4.78 is 0. The average Bonchev–Trinajstić information content (AvgIpc) is 1.91. The van der Waals surface area contributed by atoms with E-state index in [-0.39, 0.29) is 12.5 Å². The Labute approximate surface area is 40.0 Å². The van der Waals surface area contributed by atoms with Gasteiger partial charge in [0.25, 0.3) is 5.91 Å². The zero-order chi connectivity index (χ0) is 5.28. The Morgan fingerprint density at radius 3 is 2.86 bits per heavy atom. The van der Waals surface area contributed by atoms with Crippen LogP contribution in [0.4, 0.5) is 0 Å². The van der Waals surface area contributed by atoms with Gasteiger partial charge in [-0.1, -0.05) is 0 Å². The average molecular weight is 100 g/mol. The molecule has 1 aliphatic rings. The van der Waals surface area contributed by atoms with Gasteiger partial charge in [0, 0.05) is 0 Å². The molecule has 0 unspecified atom stereocenters. The fraction of sp³-hybridized carbons (Fsp3) is 0.333. The molecule has 1 amide bonds. The number of hydrogen-bond donors (Lipinski definition) is 1. The molecular weight excluding hydrogens is 96.0 g/mol. The Morgan fingerprint density at radius 2 is 2.71 bits per heavy atom. The van der Waals surface area contributed by atoms with Gasteiger partial charge in [0.2, 0.25) is 0 Å². The van der Waals surface area contributed by atoms with Gasteiger partial charge in [0.1, 0.15) is 12.9 Å². The van der Waals surface area contributed by atoms with Crippen molar-refractivity contribution in [1.29, 1.82) is 0 Å². The van der Waals surface area contributed by atoms with Gasteiger partial charge in [-0.25, -0.2) is 0 Å². The van der Waals surface area contributed by atoms with Crippen molar-refractivity contribution in [3.05, 3.63) is 0 Å². The number of hydroxylamine groups is 2. The number of amides is 1. The van der Waals surface area contributed by atoms with Crippen LogP contribution in [0.2, 0.25) is 0 Å². The quantitative estimate of drug-likeness (QED) is 0.407. The number of carbonyl (C=O) groups is 1. The van der Waals surface area contributed by atoms with Crippen molar-refractivity contribution in [2.45, 2.75) is 0 Å². The summed E-state index contributed by atoms with van der Waals surface area (Å²) in [5.74, 6) is -0.375. The van der Waals surface area contributed by atoms with Gasteiger partial charge in [-0.2, -0.15) is 5.06 Å². The maximum absolute atomic E-state index is 10.1. The Kier molecular flexibility index (Phi) is 0.796. The lowest BCUT2D eigenvalue weighted by atomic mass is 10.6. The second-order valence-corrected chi connectivity index (χ2v) is 1.19. The smallest absolute Gasteiger partial charge is 0.273 e. The first-order valence-corrected chi connectivity index (χ1v) is 1.81. The largest absolute Gasteiger partial charge is 0.280 e. The predicted octanol–water partition coefficient (Wildman–Crippen LogP) is -0.754. The van der Waals surface area contributed by atoms with Crippen molar-refractivity contribution in [1.82, 2.24) is 5.06 Å². The van der Waals surface area contributed by atoms with Gasteiger partial charge < -0.3 is 0 Å². The van der Waals surface area contributed by atoms with Crippen LogP contribution in [0.3, 0.4) is 0 Å². The van der Waals surface area contributed by atoms with Crippen LogP contribution in [0.5, 0.6) is 0 Å². The number of nitrogens with zero attached hydrogens (tertiary/aromatic N) is 2. The summed E-state index contributed by atoms with van der Waals surface area (Å²) in [6.45, 7) is 0.0799. The summed E-state index contributed by atoms with van der Waals surface area (Å²) in [4.78, 5) is 13.6. The molecule has 1 N–H and O–H groups in total. The van der Waals surface area contributed by atoms with Crippen LogP contribution < -0.4 is 0 Å². The fourth-order valence-corrected chi connectivity index (χ4v) is 0.333. The molecule has 1 rings (SSSR count). The third kappa shape index (κ3) is 0.592. The van der Waals surface area contributed by atoms with E-state index in [1.807, 2.05) is 0 Å². The molecule has 4 heteroatoms. The first kappa shape index (κ1) is 4.26. The van der Waals surface area contributed by atoms with E-state index in [0.717, 1.165) is 6.34 Å². The van der Waals surface area contributed by atoms with Crippen LogP contribution in [0, 0.1) is 0 Å². The second kappa shape index (κ2) is 1.31. The van der Waals surface area contributed by atoms with Gasteiger partial charge in [-0.05, 0) is 0 Å². The molecule has 0 bridgehead atoms. The normalized spacial score (nSPS) is 19.0. The Balaban J connectivity index is 2.62. The Hall–Kier alpha value is -0.900. The number of rotatable bonds is 0. The van der Waals surface area contributed by atoms with Crippen molar-refractivity contribution >= 4 is 12.2 Å². The van der Waals surface area contributed by atoms with E-state index in [9.17, 15) is 4.79 Å². The highest BCUT2D eigenvalue weighted by atomic mass is 16.5. The highest BCUT2D eigenvalue weighted by molar-refractivity contribution is 5.92. The molecule has 0 saturated carbocycles. The van der Waals surface area contributed by atoms with Gasteiger partial charge in [-0.15, -0.1) is 0 Å². The third-order valence-electron chi connectivity index (χ3n) is 0.673. The van der Waals surface area contributed by atoms with Crippen LogP contribution in [-0.2, 0) is 4.79 Å². The van der Waals surface area contributed by atoms with E-state index < -0.39 is 0 Å². The minimum absolute atomic E-state index is 0.0799. The lowest BCUT2D eigenvalue weighted by Gasteiger charge is -1.95. The lowest BCUT2D eigenvalue weighted by molar-refractivity contribution is -0.144. The molecule has 0 saturated heterocycles. The van der Waals surface area contributed by atoms with Gasteiger partial charge in [-0.3, -0.25) is 15.0 Å². The molecule has 0 aromatic carbocycles. The van der Waals surface area contributed by atoms with Crippen molar-refractivity contribution in [2.24, 2.45) is 4.99 Å². The highest BCUT2D eigenvalue weighted by Crippen LogP contribution is 1.87. The van der Waals surface area contributed by atoms with Crippen molar-refractivity contribution < 1.29 is 10.0 Å². The Bertz CT molecular complexity index is 120. The van der Waals surface area contributed by atoms with Crippen LogP contribution in [0.15, 0.2) is 4.99 Å². The minimum atomic E-state index is -0.375. The zero-order valence-electron chi connectivity index (χ0n) is 3.53. The number of carbonyl (C=O) groups excluding carboxylic acids is 1. The van der Waals surface area contributed by atoms with Crippen LogP contribution in [-0.4, -0.2) is 29.1 Å². The maximum atomic E-state index is 10.1. The molecule has 38 valence electrons. The van der Waals surface area contributed by atoms with Crippen molar-refractivity contribution in [3.63, 3.8) is 0 Å². The number of aliphatic imine (C=N–C) groups is 1. The van der Waals surface area contributed by atoms with Gasteiger partial charge in [0.15, 0.2) is 0 Å². The van der Waals surface area contributed by atoms with E-state index in [1.54, 1.807) is 0 Å². The van der Waals surface area contributed by atoms with Crippen LogP contribution >= 0.6 is 0 Å². The molecule has 0 aromatic heterocycles. The molecular formula is C3H4N2O2. The first-order chi connectivity index (χ1) is 3.30. The maximum Gasteiger partial charge on any atom is 0.273 e. The summed E-state index contributed by atoms with van der Waals surface area (Å²) in [7, 11) is 0. The van der Waals surface area contributed by atoms with Crippen LogP contribution in [0.1, 0.15) is 0 Å². The summed E-state index contributed by atoms with van der Waals surface area (Å²) in [5.41, 5.74) is 0.